The fraction of sp³-hybridized carbons (Fsp3) is 0.364. The second-order valence-electron chi connectivity index (χ2n) is 4.48. The Kier molecular flexibility index (Phi) is 1.95. The van der Waals surface area contributed by atoms with E-state index < -0.39 is 0 Å². The monoisotopic (exact) mass is 189 g/mol. The molecule has 0 spiro atoms. The van der Waals surface area contributed by atoms with E-state index in [1.54, 1.807) is 0 Å². The highest BCUT2D eigenvalue weighted by molar-refractivity contribution is 5.77. The topological polar surface area (TPSA) is 40.7 Å². The van der Waals surface area contributed by atoms with E-state index >= 15 is 0 Å². The number of H-pyrrole nitrogens is 1. The number of fused-ring (bicyclic) bond motifs is 1. The Labute approximate surface area is 83.6 Å². The zero-order valence-electron chi connectivity index (χ0n) is 8.76. The lowest BCUT2D eigenvalue weighted by Gasteiger charge is -2.19. The molecule has 0 unspecified atom stereocenters. The van der Waals surface area contributed by atoms with Crippen LogP contribution in [-0.4, -0.2) is 15.5 Å². The van der Waals surface area contributed by atoms with Crippen LogP contribution in [0.25, 0.3) is 11.0 Å². The van der Waals surface area contributed by atoms with E-state index in [9.17, 15) is 0 Å². The van der Waals surface area contributed by atoms with Gasteiger partial charge in [0.2, 0.25) is 5.95 Å². The van der Waals surface area contributed by atoms with E-state index in [0.717, 1.165) is 17.0 Å². The maximum atomic E-state index is 4.43. The summed E-state index contributed by atoms with van der Waals surface area (Å²) in [4.78, 5) is 7.66. The molecule has 2 aromatic rings. The molecule has 0 atom stereocenters. The molecule has 0 bridgehead atoms. The Bertz CT molecular complexity index is 404. The Hall–Kier alpha value is -1.51. The van der Waals surface area contributed by atoms with Gasteiger partial charge in [0.25, 0.3) is 0 Å². The van der Waals surface area contributed by atoms with Crippen molar-refractivity contribution in [2.45, 2.75) is 26.3 Å². The van der Waals surface area contributed by atoms with Gasteiger partial charge in [-0.1, -0.05) is 12.1 Å². The van der Waals surface area contributed by atoms with Gasteiger partial charge in [-0.3, -0.25) is 0 Å². The van der Waals surface area contributed by atoms with Crippen LogP contribution in [0.5, 0.6) is 0 Å². The lowest BCUT2D eigenvalue weighted by Crippen LogP contribution is -2.26. The quantitative estimate of drug-likeness (QED) is 0.724. The fourth-order valence-corrected chi connectivity index (χ4v) is 1.37. The van der Waals surface area contributed by atoms with E-state index in [-0.39, 0.29) is 5.54 Å². The number of imidazole rings is 1. The van der Waals surface area contributed by atoms with Gasteiger partial charge in [-0.05, 0) is 32.9 Å². The van der Waals surface area contributed by atoms with Gasteiger partial charge >= 0.3 is 0 Å². The third-order valence-electron chi connectivity index (χ3n) is 1.88. The van der Waals surface area contributed by atoms with Gasteiger partial charge in [0, 0.05) is 5.54 Å². The number of anilines is 1. The SMILES string of the molecule is CC(C)(C)Nc1nc2ccccc2[nH]1. The number of benzene rings is 1. The number of hydrogen-bond acceptors (Lipinski definition) is 2. The Balaban J connectivity index is 2.36. The molecule has 0 radical (unpaired) electrons. The zero-order valence-corrected chi connectivity index (χ0v) is 8.76. The van der Waals surface area contributed by atoms with Gasteiger partial charge in [-0.25, -0.2) is 4.98 Å². The highest BCUT2D eigenvalue weighted by Gasteiger charge is 2.11. The second-order valence-corrected chi connectivity index (χ2v) is 4.48. The Morgan fingerprint density at radius 1 is 1.21 bits per heavy atom. The molecule has 3 heteroatoms. The van der Waals surface area contributed by atoms with Crippen molar-refractivity contribution in [2.24, 2.45) is 0 Å². The Morgan fingerprint density at radius 3 is 2.57 bits per heavy atom. The predicted octanol–water partition coefficient (Wildman–Crippen LogP) is 2.77. The van der Waals surface area contributed by atoms with Gasteiger partial charge in [0.05, 0.1) is 11.0 Å². The molecule has 1 aromatic heterocycles. The molecule has 3 nitrogen and oxygen atoms in total. The highest BCUT2D eigenvalue weighted by Crippen LogP contribution is 2.16. The van der Waals surface area contributed by atoms with E-state index in [2.05, 4.69) is 36.1 Å². The van der Waals surface area contributed by atoms with E-state index in [4.69, 9.17) is 0 Å². The van der Waals surface area contributed by atoms with Crippen molar-refractivity contribution in [3.63, 3.8) is 0 Å². The summed E-state index contributed by atoms with van der Waals surface area (Å²) in [6.45, 7) is 6.33. The average Bonchev–Trinajstić information content (AvgIpc) is 2.42. The number of para-hydroxylation sites is 2. The second kappa shape index (κ2) is 3.01. The number of hydrogen-bond donors (Lipinski definition) is 2. The van der Waals surface area contributed by atoms with Crippen molar-refractivity contribution < 1.29 is 0 Å². The molecule has 0 aliphatic heterocycles. The van der Waals surface area contributed by atoms with Gasteiger partial charge < -0.3 is 10.3 Å². The standard InChI is InChI=1S/C11H15N3/c1-11(2,3)14-10-12-8-6-4-5-7-9(8)13-10/h4-7H,1-3H3,(H2,12,13,14). The van der Waals surface area contributed by atoms with Crippen LogP contribution >= 0.6 is 0 Å². The van der Waals surface area contributed by atoms with Crippen molar-refractivity contribution >= 4 is 17.0 Å². The summed E-state index contributed by atoms with van der Waals surface area (Å²) < 4.78 is 0. The maximum absolute atomic E-state index is 4.43. The summed E-state index contributed by atoms with van der Waals surface area (Å²) in [6.07, 6.45) is 0. The molecule has 1 aromatic carbocycles. The van der Waals surface area contributed by atoms with Crippen molar-refractivity contribution in [2.75, 3.05) is 5.32 Å². The lowest BCUT2D eigenvalue weighted by molar-refractivity contribution is 0.628. The van der Waals surface area contributed by atoms with Crippen molar-refractivity contribution in [1.82, 2.24) is 9.97 Å². The summed E-state index contributed by atoms with van der Waals surface area (Å²) in [5.41, 5.74) is 2.10. The molecule has 0 amide bonds. The van der Waals surface area contributed by atoms with Crippen LogP contribution in [0.15, 0.2) is 24.3 Å². The molecular formula is C11H15N3. The minimum atomic E-state index is 0.0356. The molecule has 74 valence electrons. The van der Waals surface area contributed by atoms with Crippen LogP contribution < -0.4 is 5.32 Å². The maximum Gasteiger partial charge on any atom is 0.201 e. The van der Waals surface area contributed by atoms with Crippen LogP contribution in [0.1, 0.15) is 20.8 Å². The molecule has 0 saturated carbocycles. The first-order valence-corrected chi connectivity index (χ1v) is 4.77. The van der Waals surface area contributed by atoms with Crippen LogP contribution in [0.2, 0.25) is 0 Å². The molecule has 1 heterocycles. The van der Waals surface area contributed by atoms with Crippen LogP contribution in [0, 0.1) is 0 Å². The third-order valence-corrected chi connectivity index (χ3v) is 1.88. The van der Waals surface area contributed by atoms with Crippen LogP contribution in [0.4, 0.5) is 5.95 Å². The van der Waals surface area contributed by atoms with Gasteiger partial charge in [0.15, 0.2) is 0 Å². The van der Waals surface area contributed by atoms with E-state index in [0.29, 0.717) is 0 Å². The highest BCUT2D eigenvalue weighted by atomic mass is 15.1. The number of aromatic nitrogens is 2. The Morgan fingerprint density at radius 2 is 1.93 bits per heavy atom. The van der Waals surface area contributed by atoms with Gasteiger partial charge in [-0.2, -0.15) is 0 Å². The summed E-state index contributed by atoms with van der Waals surface area (Å²) in [7, 11) is 0. The van der Waals surface area contributed by atoms with Crippen LogP contribution in [0.3, 0.4) is 0 Å². The van der Waals surface area contributed by atoms with Gasteiger partial charge in [-0.15, -0.1) is 0 Å². The minimum Gasteiger partial charge on any atom is -0.351 e. The smallest absolute Gasteiger partial charge is 0.201 e. The molecule has 2 N–H and O–H groups in total. The molecule has 0 aliphatic rings. The predicted molar refractivity (Wildman–Crippen MR) is 59.5 cm³/mol. The fourth-order valence-electron chi connectivity index (χ4n) is 1.37. The van der Waals surface area contributed by atoms with Gasteiger partial charge in [0.1, 0.15) is 0 Å². The molecule has 0 saturated heterocycles. The number of rotatable bonds is 1. The largest absolute Gasteiger partial charge is 0.351 e. The van der Waals surface area contributed by atoms with Crippen molar-refractivity contribution in [3.8, 4) is 0 Å². The molecule has 0 aliphatic carbocycles. The minimum absolute atomic E-state index is 0.0356. The number of nitrogens with zero attached hydrogens (tertiary/aromatic N) is 1. The summed E-state index contributed by atoms with van der Waals surface area (Å²) >= 11 is 0. The lowest BCUT2D eigenvalue weighted by atomic mass is 10.1. The van der Waals surface area contributed by atoms with E-state index in [1.165, 1.54) is 0 Å². The van der Waals surface area contributed by atoms with Crippen molar-refractivity contribution in [1.29, 1.82) is 0 Å². The molecular weight excluding hydrogens is 174 g/mol. The summed E-state index contributed by atoms with van der Waals surface area (Å²) in [5.74, 6) is 0.832. The van der Waals surface area contributed by atoms with Crippen molar-refractivity contribution in [3.05, 3.63) is 24.3 Å². The zero-order chi connectivity index (χ0) is 10.2. The summed E-state index contributed by atoms with van der Waals surface area (Å²) in [5, 5.41) is 3.30. The third kappa shape index (κ3) is 1.87. The summed E-state index contributed by atoms with van der Waals surface area (Å²) in [6, 6.07) is 8.02. The average molecular weight is 189 g/mol. The first kappa shape index (κ1) is 9.06. The molecule has 2 rings (SSSR count). The number of aromatic amines is 1. The number of nitrogens with one attached hydrogen (secondary N) is 2. The van der Waals surface area contributed by atoms with E-state index in [1.807, 2.05) is 24.3 Å². The first-order valence-electron chi connectivity index (χ1n) is 4.77. The van der Waals surface area contributed by atoms with Crippen LogP contribution in [-0.2, 0) is 0 Å². The normalized spacial score (nSPS) is 11.9. The first-order chi connectivity index (χ1) is 6.54. The molecule has 14 heavy (non-hydrogen) atoms. The molecule has 0 fully saturated rings.